The molecule has 5 heteroatoms. The molecule has 0 radical (unpaired) electrons. The lowest BCUT2D eigenvalue weighted by atomic mass is 10.0. The lowest BCUT2D eigenvalue weighted by molar-refractivity contribution is -0.130. The van der Waals surface area contributed by atoms with Crippen LogP contribution in [0.4, 0.5) is 0 Å². The van der Waals surface area contributed by atoms with E-state index in [0.717, 1.165) is 36.2 Å². The molecule has 5 rings (SSSR count). The number of amides is 1. The van der Waals surface area contributed by atoms with Gasteiger partial charge in [-0.1, -0.05) is 54.6 Å². The van der Waals surface area contributed by atoms with Crippen molar-refractivity contribution in [2.24, 2.45) is 0 Å². The second-order valence-corrected chi connectivity index (χ2v) is 7.78. The number of hydrogen-bond acceptors (Lipinski definition) is 3. The molecule has 1 N–H and O–H groups in total. The van der Waals surface area contributed by atoms with Gasteiger partial charge >= 0.3 is 0 Å². The van der Waals surface area contributed by atoms with Gasteiger partial charge < -0.3 is 14.6 Å². The molecule has 2 heterocycles. The summed E-state index contributed by atoms with van der Waals surface area (Å²) in [4.78, 5) is 17.1. The van der Waals surface area contributed by atoms with E-state index in [0.29, 0.717) is 19.6 Å². The third-order valence-electron chi connectivity index (χ3n) is 5.81. The van der Waals surface area contributed by atoms with Gasteiger partial charge in [0.25, 0.3) is 0 Å². The van der Waals surface area contributed by atoms with Gasteiger partial charge in [0.15, 0.2) is 0 Å². The summed E-state index contributed by atoms with van der Waals surface area (Å²) in [5.41, 5.74) is 3.37. The minimum atomic E-state index is -0.292. The van der Waals surface area contributed by atoms with E-state index in [1.54, 1.807) is 0 Å². The maximum atomic E-state index is 12.3. The molecule has 1 saturated heterocycles. The highest BCUT2D eigenvalue weighted by Crippen LogP contribution is 2.23. The van der Waals surface area contributed by atoms with Crippen LogP contribution in [0, 0.1) is 0 Å². The van der Waals surface area contributed by atoms with Crippen molar-refractivity contribution in [3.8, 4) is 0 Å². The Kier molecular flexibility index (Phi) is 5.20. The lowest BCUT2D eigenvalue weighted by Gasteiger charge is -2.13. The average molecular weight is 399 g/mol. The SMILES string of the molecule is O=C(NCCc1nc2ccccc2n1Cc1cccc2ccccc12)C1CCCO1. The fourth-order valence-corrected chi connectivity index (χ4v) is 4.29. The van der Waals surface area contributed by atoms with Crippen molar-refractivity contribution >= 4 is 27.7 Å². The van der Waals surface area contributed by atoms with Crippen LogP contribution in [0.3, 0.4) is 0 Å². The van der Waals surface area contributed by atoms with Crippen LogP contribution in [0.25, 0.3) is 21.8 Å². The molecule has 1 amide bonds. The Balaban J connectivity index is 1.41. The molecule has 1 aliphatic heterocycles. The van der Waals surface area contributed by atoms with E-state index in [1.807, 2.05) is 18.2 Å². The van der Waals surface area contributed by atoms with Crippen LogP contribution in [0.5, 0.6) is 0 Å². The minimum absolute atomic E-state index is 0.00999. The quantitative estimate of drug-likeness (QED) is 0.532. The Morgan fingerprint density at radius 1 is 1.07 bits per heavy atom. The van der Waals surface area contributed by atoms with Crippen molar-refractivity contribution < 1.29 is 9.53 Å². The molecular weight excluding hydrogens is 374 g/mol. The van der Waals surface area contributed by atoms with Crippen LogP contribution in [0.1, 0.15) is 24.2 Å². The standard InChI is InChI=1S/C25H25N3O2/c29-25(23-13-6-16-30-23)26-15-14-24-27-21-11-3-4-12-22(21)28(24)17-19-9-5-8-18-7-1-2-10-20(18)19/h1-5,7-12,23H,6,13-17H2,(H,26,29). The third kappa shape index (κ3) is 3.68. The van der Waals surface area contributed by atoms with Crippen molar-refractivity contribution in [3.05, 3.63) is 78.1 Å². The number of aromatic nitrogens is 2. The molecule has 0 saturated carbocycles. The molecule has 0 spiro atoms. The van der Waals surface area contributed by atoms with Gasteiger partial charge in [-0.3, -0.25) is 4.79 Å². The zero-order chi connectivity index (χ0) is 20.3. The summed E-state index contributed by atoms with van der Waals surface area (Å²) in [6, 6.07) is 23.1. The predicted octanol–water partition coefficient (Wildman–Crippen LogP) is 4.08. The molecular formula is C25H25N3O2. The summed E-state index contributed by atoms with van der Waals surface area (Å²) < 4.78 is 7.75. The number of imidazole rings is 1. The van der Waals surface area contributed by atoms with Gasteiger partial charge in [0, 0.05) is 26.1 Å². The summed E-state index contributed by atoms with van der Waals surface area (Å²) >= 11 is 0. The highest BCUT2D eigenvalue weighted by Gasteiger charge is 2.23. The molecule has 0 aliphatic carbocycles. The molecule has 1 aromatic heterocycles. The second kappa shape index (κ2) is 8.28. The number of nitrogens with one attached hydrogen (secondary N) is 1. The lowest BCUT2D eigenvalue weighted by Crippen LogP contribution is -2.35. The van der Waals surface area contributed by atoms with E-state index >= 15 is 0 Å². The Hall–Kier alpha value is -3.18. The van der Waals surface area contributed by atoms with Crippen LogP contribution in [-0.2, 0) is 22.5 Å². The van der Waals surface area contributed by atoms with Crippen LogP contribution in [0.15, 0.2) is 66.7 Å². The first kappa shape index (κ1) is 18.8. The van der Waals surface area contributed by atoms with Gasteiger partial charge in [-0.15, -0.1) is 0 Å². The maximum absolute atomic E-state index is 12.3. The Labute approximate surface area is 175 Å². The van der Waals surface area contributed by atoms with E-state index in [2.05, 4.69) is 58.4 Å². The highest BCUT2D eigenvalue weighted by molar-refractivity contribution is 5.86. The van der Waals surface area contributed by atoms with E-state index < -0.39 is 0 Å². The minimum Gasteiger partial charge on any atom is -0.368 e. The fourth-order valence-electron chi connectivity index (χ4n) is 4.29. The fraction of sp³-hybridized carbons (Fsp3) is 0.280. The number of hydrogen-bond donors (Lipinski definition) is 1. The molecule has 30 heavy (non-hydrogen) atoms. The van der Waals surface area contributed by atoms with Crippen LogP contribution in [0.2, 0.25) is 0 Å². The van der Waals surface area contributed by atoms with Crippen molar-refractivity contribution in [1.82, 2.24) is 14.9 Å². The third-order valence-corrected chi connectivity index (χ3v) is 5.81. The van der Waals surface area contributed by atoms with Crippen LogP contribution >= 0.6 is 0 Å². The number of ether oxygens (including phenoxy) is 1. The molecule has 1 fully saturated rings. The molecule has 152 valence electrons. The molecule has 1 atom stereocenters. The summed E-state index contributed by atoms with van der Waals surface area (Å²) in [7, 11) is 0. The van der Waals surface area contributed by atoms with Gasteiger partial charge in [-0.2, -0.15) is 0 Å². The summed E-state index contributed by atoms with van der Waals surface area (Å²) in [6.07, 6.45) is 2.15. The predicted molar refractivity (Wildman–Crippen MR) is 118 cm³/mol. The molecule has 3 aromatic carbocycles. The molecule has 1 aliphatic rings. The first-order valence-electron chi connectivity index (χ1n) is 10.6. The van der Waals surface area contributed by atoms with E-state index in [9.17, 15) is 4.79 Å². The normalized spacial score (nSPS) is 16.3. The van der Waals surface area contributed by atoms with Crippen LogP contribution < -0.4 is 5.32 Å². The van der Waals surface area contributed by atoms with Crippen molar-refractivity contribution in [3.63, 3.8) is 0 Å². The van der Waals surface area contributed by atoms with E-state index in [1.165, 1.54) is 16.3 Å². The molecule has 4 aromatic rings. The molecule has 0 bridgehead atoms. The van der Waals surface area contributed by atoms with Gasteiger partial charge in [-0.05, 0) is 41.3 Å². The summed E-state index contributed by atoms with van der Waals surface area (Å²) in [5, 5.41) is 5.52. The second-order valence-electron chi connectivity index (χ2n) is 7.78. The number of carbonyl (C=O) groups excluding carboxylic acids is 1. The zero-order valence-electron chi connectivity index (χ0n) is 16.9. The largest absolute Gasteiger partial charge is 0.368 e. The van der Waals surface area contributed by atoms with Gasteiger partial charge in [0.05, 0.1) is 11.0 Å². The maximum Gasteiger partial charge on any atom is 0.249 e. The number of para-hydroxylation sites is 2. The van der Waals surface area contributed by atoms with Crippen LogP contribution in [-0.4, -0.2) is 34.7 Å². The Bertz CT molecular complexity index is 1190. The number of benzene rings is 3. The van der Waals surface area contributed by atoms with E-state index in [-0.39, 0.29) is 12.0 Å². The van der Waals surface area contributed by atoms with Gasteiger partial charge in [0.1, 0.15) is 11.9 Å². The number of carbonyl (C=O) groups is 1. The molecule has 5 nitrogen and oxygen atoms in total. The van der Waals surface area contributed by atoms with Gasteiger partial charge in [0.2, 0.25) is 5.91 Å². The summed E-state index contributed by atoms with van der Waals surface area (Å²) in [5.74, 6) is 0.973. The monoisotopic (exact) mass is 399 g/mol. The van der Waals surface area contributed by atoms with E-state index in [4.69, 9.17) is 9.72 Å². The topological polar surface area (TPSA) is 56.2 Å². The zero-order valence-corrected chi connectivity index (χ0v) is 16.9. The number of rotatable bonds is 6. The summed E-state index contributed by atoms with van der Waals surface area (Å²) in [6.45, 7) is 1.98. The average Bonchev–Trinajstić information content (AvgIpc) is 3.43. The van der Waals surface area contributed by atoms with Gasteiger partial charge in [-0.25, -0.2) is 4.98 Å². The number of nitrogens with zero attached hydrogens (tertiary/aromatic N) is 2. The smallest absolute Gasteiger partial charge is 0.249 e. The van der Waals surface area contributed by atoms with Crippen molar-refractivity contribution in [2.45, 2.75) is 31.9 Å². The number of fused-ring (bicyclic) bond motifs is 2. The van der Waals surface area contributed by atoms with Crippen molar-refractivity contribution in [2.75, 3.05) is 13.2 Å². The molecule has 1 unspecified atom stereocenters. The van der Waals surface area contributed by atoms with Crippen molar-refractivity contribution in [1.29, 1.82) is 0 Å². The first-order valence-corrected chi connectivity index (χ1v) is 10.6. The Morgan fingerprint density at radius 2 is 1.90 bits per heavy atom. The highest BCUT2D eigenvalue weighted by atomic mass is 16.5. The first-order chi connectivity index (χ1) is 14.8. The Morgan fingerprint density at radius 3 is 2.80 bits per heavy atom.